The number of aliphatic hydroxyl groups excluding tert-OH is 2. The van der Waals surface area contributed by atoms with Gasteiger partial charge in [-0.15, -0.1) is 0 Å². The highest BCUT2D eigenvalue weighted by atomic mass is 35.5. The Bertz CT molecular complexity index is 399. The standard InChI is InChI=1S/C11H14ClNO4/c12-8-3-10-11(17-2-1-16-10)4-9(8)13-5-7(15)6-14/h3-4,7,13-15H,1-2,5-6H2. The zero-order chi connectivity index (χ0) is 12.3. The van der Waals surface area contributed by atoms with Gasteiger partial charge in [0.15, 0.2) is 11.5 Å². The van der Waals surface area contributed by atoms with Crippen LogP contribution in [0.15, 0.2) is 12.1 Å². The van der Waals surface area contributed by atoms with Crippen molar-refractivity contribution in [2.24, 2.45) is 0 Å². The number of ether oxygens (including phenoxy) is 2. The molecule has 1 aliphatic rings. The fourth-order valence-corrected chi connectivity index (χ4v) is 1.71. The zero-order valence-corrected chi connectivity index (χ0v) is 9.91. The van der Waals surface area contributed by atoms with Crippen LogP contribution >= 0.6 is 11.6 Å². The first-order valence-corrected chi connectivity index (χ1v) is 5.70. The van der Waals surface area contributed by atoms with E-state index in [9.17, 15) is 5.11 Å². The van der Waals surface area contributed by atoms with E-state index in [0.29, 0.717) is 35.4 Å². The summed E-state index contributed by atoms with van der Waals surface area (Å²) in [6, 6.07) is 3.39. The third kappa shape index (κ3) is 2.94. The Morgan fingerprint density at radius 3 is 2.59 bits per heavy atom. The number of halogens is 1. The molecular formula is C11H14ClNO4. The van der Waals surface area contributed by atoms with Crippen LogP contribution in [0.3, 0.4) is 0 Å². The molecule has 0 radical (unpaired) electrons. The molecule has 1 heterocycles. The second-order valence-electron chi connectivity index (χ2n) is 3.69. The van der Waals surface area contributed by atoms with Crippen molar-refractivity contribution in [3.63, 3.8) is 0 Å². The van der Waals surface area contributed by atoms with Gasteiger partial charge >= 0.3 is 0 Å². The average molecular weight is 260 g/mol. The van der Waals surface area contributed by atoms with Gasteiger partial charge in [-0.2, -0.15) is 0 Å². The average Bonchev–Trinajstić information content (AvgIpc) is 2.35. The maximum absolute atomic E-state index is 9.24. The fraction of sp³-hybridized carbons (Fsp3) is 0.455. The predicted octanol–water partition coefficient (Wildman–Crippen LogP) is 0.876. The van der Waals surface area contributed by atoms with Crippen molar-refractivity contribution in [2.75, 3.05) is 31.7 Å². The molecule has 1 aliphatic heterocycles. The highest BCUT2D eigenvalue weighted by Gasteiger charge is 2.15. The van der Waals surface area contributed by atoms with Crippen LogP contribution in [0.25, 0.3) is 0 Å². The molecule has 0 saturated heterocycles. The Morgan fingerprint density at radius 1 is 1.29 bits per heavy atom. The molecule has 17 heavy (non-hydrogen) atoms. The normalized spacial score (nSPS) is 15.5. The molecule has 1 aromatic rings. The number of benzene rings is 1. The van der Waals surface area contributed by atoms with Gasteiger partial charge in [0.25, 0.3) is 0 Å². The van der Waals surface area contributed by atoms with Gasteiger partial charge in [-0.25, -0.2) is 0 Å². The first-order chi connectivity index (χ1) is 8.20. The minimum Gasteiger partial charge on any atom is -0.486 e. The molecule has 5 nitrogen and oxygen atoms in total. The lowest BCUT2D eigenvalue weighted by molar-refractivity contribution is 0.105. The Morgan fingerprint density at radius 2 is 1.94 bits per heavy atom. The number of anilines is 1. The zero-order valence-electron chi connectivity index (χ0n) is 9.15. The molecule has 0 bridgehead atoms. The van der Waals surface area contributed by atoms with E-state index in [0.717, 1.165) is 0 Å². The molecule has 0 amide bonds. The van der Waals surface area contributed by atoms with Crippen LogP contribution in [0, 0.1) is 0 Å². The van der Waals surface area contributed by atoms with Gasteiger partial charge < -0.3 is 25.0 Å². The summed E-state index contributed by atoms with van der Waals surface area (Å²) in [7, 11) is 0. The Kier molecular flexibility index (Phi) is 3.93. The quantitative estimate of drug-likeness (QED) is 0.749. The first kappa shape index (κ1) is 12.3. The van der Waals surface area contributed by atoms with Gasteiger partial charge in [0, 0.05) is 18.7 Å². The van der Waals surface area contributed by atoms with Crippen LogP contribution < -0.4 is 14.8 Å². The number of aliphatic hydroxyl groups is 2. The van der Waals surface area contributed by atoms with Crippen LogP contribution in [-0.2, 0) is 0 Å². The molecule has 1 aromatic carbocycles. The molecule has 94 valence electrons. The summed E-state index contributed by atoms with van der Waals surface area (Å²) in [5.74, 6) is 1.25. The summed E-state index contributed by atoms with van der Waals surface area (Å²) in [4.78, 5) is 0. The van der Waals surface area contributed by atoms with Crippen molar-refractivity contribution in [1.29, 1.82) is 0 Å². The SMILES string of the molecule is OCC(O)CNc1cc2c(cc1Cl)OCCO2. The molecule has 0 fully saturated rings. The highest BCUT2D eigenvalue weighted by molar-refractivity contribution is 6.33. The predicted molar refractivity (Wildman–Crippen MR) is 64.0 cm³/mol. The molecule has 1 unspecified atom stereocenters. The monoisotopic (exact) mass is 259 g/mol. The van der Waals surface area contributed by atoms with E-state index in [1.54, 1.807) is 12.1 Å². The minimum atomic E-state index is -0.820. The fourth-order valence-electron chi connectivity index (χ4n) is 1.49. The van der Waals surface area contributed by atoms with Crippen molar-refractivity contribution in [2.45, 2.75) is 6.10 Å². The Balaban J connectivity index is 2.11. The number of fused-ring (bicyclic) bond motifs is 1. The number of hydrogen-bond donors (Lipinski definition) is 3. The lowest BCUT2D eigenvalue weighted by Crippen LogP contribution is -2.23. The molecule has 0 spiro atoms. The Hall–Kier alpha value is -1.17. The molecular weight excluding hydrogens is 246 g/mol. The summed E-state index contributed by atoms with van der Waals surface area (Å²) in [6.45, 7) is 0.942. The number of nitrogens with one attached hydrogen (secondary N) is 1. The van der Waals surface area contributed by atoms with Crippen LogP contribution in [0.5, 0.6) is 11.5 Å². The summed E-state index contributed by atoms with van der Waals surface area (Å²) in [6.07, 6.45) is -0.820. The van der Waals surface area contributed by atoms with E-state index in [1.165, 1.54) is 0 Å². The van der Waals surface area contributed by atoms with Gasteiger partial charge in [0.05, 0.1) is 23.4 Å². The molecule has 1 atom stereocenters. The molecule has 0 aliphatic carbocycles. The molecule has 2 rings (SSSR count). The van der Waals surface area contributed by atoms with E-state index in [1.807, 2.05) is 0 Å². The molecule has 3 N–H and O–H groups in total. The van der Waals surface area contributed by atoms with Crippen molar-refractivity contribution >= 4 is 17.3 Å². The van der Waals surface area contributed by atoms with Gasteiger partial charge in [-0.05, 0) is 0 Å². The highest BCUT2D eigenvalue weighted by Crippen LogP contribution is 2.37. The smallest absolute Gasteiger partial charge is 0.163 e. The third-order valence-electron chi connectivity index (χ3n) is 2.37. The summed E-state index contributed by atoms with van der Waals surface area (Å²) in [5, 5.41) is 21.4. The topological polar surface area (TPSA) is 71.0 Å². The summed E-state index contributed by atoms with van der Waals surface area (Å²) < 4.78 is 10.8. The van der Waals surface area contributed by atoms with Crippen molar-refractivity contribution in [1.82, 2.24) is 0 Å². The first-order valence-electron chi connectivity index (χ1n) is 5.32. The molecule has 6 heteroatoms. The van der Waals surface area contributed by atoms with Crippen LogP contribution in [0.4, 0.5) is 5.69 Å². The number of hydrogen-bond acceptors (Lipinski definition) is 5. The van der Waals surface area contributed by atoms with Crippen molar-refractivity contribution in [3.05, 3.63) is 17.2 Å². The molecule has 0 aromatic heterocycles. The van der Waals surface area contributed by atoms with Crippen LogP contribution in [-0.4, -0.2) is 42.7 Å². The van der Waals surface area contributed by atoms with E-state index in [2.05, 4.69) is 5.32 Å². The second-order valence-corrected chi connectivity index (χ2v) is 4.10. The van der Waals surface area contributed by atoms with Gasteiger partial charge in [0.1, 0.15) is 13.2 Å². The van der Waals surface area contributed by atoms with Crippen molar-refractivity contribution in [3.8, 4) is 11.5 Å². The Labute approximate surface area is 104 Å². The maximum Gasteiger partial charge on any atom is 0.163 e. The van der Waals surface area contributed by atoms with Crippen LogP contribution in [0.1, 0.15) is 0 Å². The third-order valence-corrected chi connectivity index (χ3v) is 2.68. The number of rotatable bonds is 4. The lowest BCUT2D eigenvalue weighted by atomic mass is 10.2. The lowest BCUT2D eigenvalue weighted by Gasteiger charge is -2.20. The van der Waals surface area contributed by atoms with E-state index in [-0.39, 0.29) is 13.2 Å². The summed E-state index contributed by atoms with van der Waals surface area (Å²) >= 11 is 6.05. The molecule has 0 saturated carbocycles. The van der Waals surface area contributed by atoms with E-state index < -0.39 is 6.10 Å². The van der Waals surface area contributed by atoms with Crippen molar-refractivity contribution < 1.29 is 19.7 Å². The van der Waals surface area contributed by atoms with Crippen LogP contribution in [0.2, 0.25) is 5.02 Å². The largest absolute Gasteiger partial charge is 0.486 e. The van der Waals surface area contributed by atoms with Gasteiger partial charge in [-0.1, -0.05) is 11.6 Å². The second kappa shape index (κ2) is 5.44. The van der Waals surface area contributed by atoms with Gasteiger partial charge in [0.2, 0.25) is 0 Å². The summed E-state index contributed by atoms with van der Waals surface area (Å²) in [5.41, 5.74) is 0.642. The minimum absolute atomic E-state index is 0.218. The van der Waals surface area contributed by atoms with E-state index >= 15 is 0 Å². The van der Waals surface area contributed by atoms with E-state index in [4.69, 9.17) is 26.2 Å². The maximum atomic E-state index is 9.24. The van der Waals surface area contributed by atoms with Gasteiger partial charge in [-0.3, -0.25) is 0 Å².